The van der Waals surface area contributed by atoms with Crippen molar-refractivity contribution in [3.05, 3.63) is 15.4 Å². The number of hydrogen-bond acceptors (Lipinski definition) is 6. The molecule has 1 aliphatic rings. The monoisotopic (exact) mass is 318 g/mol. The summed E-state index contributed by atoms with van der Waals surface area (Å²) in [6, 6.07) is 0. The zero-order chi connectivity index (χ0) is 15.1. The lowest BCUT2D eigenvalue weighted by Crippen LogP contribution is -2.16. The van der Waals surface area contributed by atoms with E-state index in [0.717, 1.165) is 29.7 Å². The highest BCUT2D eigenvalue weighted by molar-refractivity contribution is 7.16. The van der Waals surface area contributed by atoms with Crippen molar-refractivity contribution in [2.75, 3.05) is 0 Å². The quantitative estimate of drug-likeness (QED) is 0.799. The molecular formula is C14H18N6OS. The Hall–Kier alpha value is -1.83. The molecule has 0 radical (unpaired) electrons. The van der Waals surface area contributed by atoms with Gasteiger partial charge in [-0.05, 0) is 18.3 Å². The van der Waals surface area contributed by atoms with Crippen molar-refractivity contribution in [2.45, 2.75) is 45.4 Å². The summed E-state index contributed by atoms with van der Waals surface area (Å²) in [4.78, 5) is 17.2. The van der Waals surface area contributed by atoms with Crippen molar-refractivity contribution in [3.8, 4) is 0 Å². The van der Waals surface area contributed by atoms with Gasteiger partial charge in [0.2, 0.25) is 10.6 Å². The molecule has 22 heavy (non-hydrogen) atoms. The van der Waals surface area contributed by atoms with E-state index in [1.165, 1.54) is 41.5 Å². The molecule has 3 heterocycles. The van der Waals surface area contributed by atoms with E-state index in [4.69, 9.17) is 0 Å². The molecule has 0 atom stereocenters. The first-order valence-corrected chi connectivity index (χ1v) is 8.61. The van der Waals surface area contributed by atoms with Crippen LogP contribution in [0.2, 0.25) is 0 Å². The molecule has 116 valence electrons. The van der Waals surface area contributed by atoms with Crippen LogP contribution in [0.25, 0.3) is 16.1 Å². The summed E-state index contributed by atoms with van der Waals surface area (Å²) in [5.74, 6) is 1.68. The number of aryl methyl sites for hydroxylation is 1. The number of aromatic nitrogens is 6. The lowest BCUT2D eigenvalue weighted by molar-refractivity contribution is 0.277. The van der Waals surface area contributed by atoms with Crippen LogP contribution in [0.5, 0.6) is 0 Å². The number of H-pyrrole nitrogens is 1. The van der Waals surface area contributed by atoms with Crippen molar-refractivity contribution in [3.63, 3.8) is 0 Å². The molecule has 0 unspecified atom stereocenters. The molecule has 8 heteroatoms. The van der Waals surface area contributed by atoms with Crippen LogP contribution >= 0.6 is 11.3 Å². The van der Waals surface area contributed by atoms with Gasteiger partial charge in [-0.3, -0.25) is 4.79 Å². The molecule has 0 aromatic carbocycles. The molecule has 1 fully saturated rings. The molecule has 1 saturated carbocycles. The van der Waals surface area contributed by atoms with E-state index in [2.05, 4.69) is 32.4 Å². The Balaban J connectivity index is 1.55. The van der Waals surface area contributed by atoms with Gasteiger partial charge in [-0.15, -0.1) is 10.2 Å². The Kier molecular flexibility index (Phi) is 3.40. The van der Waals surface area contributed by atoms with Gasteiger partial charge in [0.25, 0.3) is 0 Å². The highest BCUT2D eigenvalue weighted by Crippen LogP contribution is 2.31. The Morgan fingerprint density at radius 1 is 1.27 bits per heavy atom. The maximum atomic E-state index is 12.2. The molecule has 3 aromatic heterocycles. The molecular weight excluding hydrogens is 300 g/mol. The summed E-state index contributed by atoms with van der Waals surface area (Å²) >= 11 is 1.48. The number of hydrogen-bond donors (Lipinski definition) is 1. The van der Waals surface area contributed by atoms with Gasteiger partial charge in [-0.25, -0.2) is 0 Å². The molecule has 0 bridgehead atoms. The summed E-state index contributed by atoms with van der Waals surface area (Å²) in [5, 5.41) is 15.5. The molecule has 1 N–H and O–H groups in total. The largest absolute Gasteiger partial charge is 0.305 e. The van der Waals surface area contributed by atoms with Crippen molar-refractivity contribution in [2.24, 2.45) is 11.8 Å². The second kappa shape index (κ2) is 5.42. The number of rotatable bonds is 3. The van der Waals surface area contributed by atoms with Gasteiger partial charge in [-0.2, -0.15) is 19.8 Å². The average Bonchev–Trinajstić information content (AvgIpc) is 3.14. The van der Waals surface area contributed by atoms with E-state index in [0.29, 0.717) is 10.6 Å². The first-order chi connectivity index (χ1) is 10.7. The first-order valence-electron chi connectivity index (χ1n) is 7.80. The van der Waals surface area contributed by atoms with E-state index in [1.54, 1.807) is 0 Å². The molecule has 0 spiro atoms. The highest BCUT2D eigenvalue weighted by atomic mass is 32.1. The van der Waals surface area contributed by atoms with Crippen molar-refractivity contribution < 1.29 is 0 Å². The van der Waals surface area contributed by atoms with E-state index in [-0.39, 0.29) is 11.1 Å². The van der Waals surface area contributed by atoms with Crippen LogP contribution in [-0.4, -0.2) is 30.0 Å². The molecule has 0 amide bonds. The van der Waals surface area contributed by atoms with Gasteiger partial charge >= 0.3 is 5.56 Å². The predicted molar refractivity (Wildman–Crippen MR) is 84.0 cm³/mol. The number of aromatic amines is 1. The predicted octanol–water partition coefficient (Wildman–Crippen LogP) is 2.18. The van der Waals surface area contributed by atoms with Gasteiger partial charge in [0.05, 0.1) is 0 Å². The van der Waals surface area contributed by atoms with Crippen LogP contribution in [0.3, 0.4) is 0 Å². The Morgan fingerprint density at radius 3 is 2.91 bits per heavy atom. The molecule has 0 saturated heterocycles. The van der Waals surface area contributed by atoms with Gasteiger partial charge in [-0.1, -0.05) is 43.9 Å². The number of nitrogens with zero attached hydrogens (tertiary/aromatic N) is 5. The van der Waals surface area contributed by atoms with Crippen LogP contribution in [0.4, 0.5) is 0 Å². The maximum Gasteiger partial charge on any atom is 0.305 e. The average molecular weight is 318 g/mol. The Labute approximate surface area is 130 Å². The summed E-state index contributed by atoms with van der Waals surface area (Å²) < 4.78 is 1.35. The molecule has 7 nitrogen and oxygen atoms in total. The minimum absolute atomic E-state index is 0.246. The summed E-state index contributed by atoms with van der Waals surface area (Å²) in [7, 11) is 0. The topological polar surface area (TPSA) is 88.8 Å². The summed E-state index contributed by atoms with van der Waals surface area (Å²) in [5.41, 5.74) is 0.361. The van der Waals surface area contributed by atoms with Crippen molar-refractivity contribution in [1.29, 1.82) is 0 Å². The molecule has 4 rings (SSSR count). The van der Waals surface area contributed by atoms with Crippen LogP contribution in [-0.2, 0) is 6.42 Å². The van der Waals surface area contributed by atoms with E-state index in [1.807, 2.05) is 0 Å². The lowest BCUT2D eigenvalue weighted by Gasteiger charge is -2.25. The normalized spacial score (nSPS) is 22.6. The van der Waals surface area contributed by atoms with E-state index < -0.39 is 0 Å². The third-order valence-corrected chi connectivity index (χ3v) is 5.60. The van der Waals surface area contributed by atoms with Crippen molar-refractivity contribution in [1.82, 2.24) is 30.0 Å². The summed E-state index contributed by atoms with van der Waals surface area (Å²) in [6.45, 7) is 2.34. The van der Waals surface area contributed by atoms with E-state index >= 15 is 0 Å². The zero-order valence-electron chi connectivity index (χ0n) is 12.4. The van der Waals surface area contributed by atoms with Gasteiger partial charge < -0.3 is 0 Å². The second-order valence-electron chi connectivity index (χ2n) is 6.27. The maximum absolute atomic E-state index is 12.2. The minimum atomic E-state index is -0.247. The molecule has 0 aliphatic heterocycles. The standard InChI is InChI=1S/C14H18N6OS/c1-8-2-4-9(5-3-8)6-7-10-18-20-13(21)11-12(17-19-16-11)15-14(20)22-10/h8-9H,2-7H2,1H3,(H,16,17,19). The SMILES string of the molecule is CC1CCC(CCc2nn3c(=O)c4n[nH]nc4nc3s2)CC1. The smallest absolute Gasteiger partial charge is 0.265 e. The Morgan fingerprint density at radius 2 is 2.09 bits per heavy atom. The van der Waals surface area contributed by atoms with Gasteiger partial charge in [0.15, 0.2) is 5.52 Å². The van der Waals surface area contributed by atoms with Crippen LogP contribution in [0.15, 0.2) is 4.79 Å². The fraction of sp³-hybridized carbons (Fsp3) is 0.643. The Bertz CT molecular complexity index is 857. The first kappa shape index (κ1) is 13.8. The molecule has 1 aliphatic carbocycles. The second-order valence-corrected chi connectivity index (χ2v) is 7.31. The van der Waals surface area contributed by atoms with Gasteiger partial charge in [0, 0.05) is 6.42 Å². The lowest BCUT2D eigenvalue weighted by atomic mass is 9.81. The fourth-order valence-electron chi connectivity index (χ4n) is 3.21. The third-order valence-electron chi connectivity index (χ3n) is 4.63. The van der Waals surface area contributed by atoms with Crippen molar-refractivity contribution >= 4 is 27.5 Å². The molecule has 3 aromatic rings. The third kappa shape index (κ3) is 2.41. The van der Waals surface area contributed by atoms with Crippen LogP contribution < -0.4 is 5.56 Å². The number of nitrogens with one attached hydrogen (secondary N) is 1. The number of fused-ring (bicyclic) bond motifs is 2. The summed E-state index contributed by atoms with van der Waals surface area (Å²) in [6.07, 6.45) is 7.40. The van der Waals surface area contributed by atoms with Crippen LogP contribution in [0, 0.1) is 11.8 Å². The minimum Gasteiger partial charge on any atom is -0.265 e. The van der Waals surface area contributed by atoms with Gasteiger partial charge in [0.1, 0.15) is 5.01 Å². The van der Waals surface area contributed by atoms with Crippen LogP contribution in [0.1, 0.15) is 44.0 Å². The zero-order valence-corrected chi connectivity index (χ0v) is 13.3. The fourth-order valence-corrected chi connectivity index (χ4v) is 4.11. The van der Waals surface area contributed by atoms with E-state index in [9.17, 15) is 4.79 Å². The highest BCUT2D eigenvalue weighted by Gasteiger charge is 2.19.